The lowest BCUT2D eigenvalue weighted by Gasteiger charge is -2.20. The second-order valence-electron chi connectivity index (χ2n) is 16.4. The van der Waals surface area contributed by atoms with Gasteiger partial charge in [0.25, 0.3) is 0 Å². The van der Waals surface area contributed by atoms with Gasteiger partial charge in [-0.2, -0.15) is 0 Å². The molecule has 324 valence electrons. The summed E-state index contributed by atoms with van der Waals surface area (Å²) in [5, 5.41) is 22.9. The Labute approximate surface area is 341 Å². The Balaban J connectivity index is 3.50. The van der Waals surface area contributed by atoms with E-state index >= 15 is 0 Å². The molecule has 0 spiro atoms. The fourth-order valence-corrected chi connectivity index (χ4v) is 7.21. The lowest BCUT2D eigenvalue weighted by atomic mass is 10.0. The van der Waals surface area contributed by atoms with Gasteiger partial charge in [0.15, 0.2) is 0 Å². The van der Waals surface area contributed by atoms with Crippen LogP contribution in [0.3, 0.4) is 0 Å². The molecule has 2 unspecified atom stereocenters. The first-order valence-corrected chi connectivity index (χ1v) is 24.1. The molecule has 0 fully saturated rings. The molecule has 0 saturated heterocycles. The third-order valence-corrected chi connectivity index (χ3v) is 11.0. The van der Waals surface area contributed by atoms with Crippen LogP contribution in [0.15, 0.2) is 24.3 Å². The zero-order valence-electron chi connectivity index (χ0n) is 36.7. The number of esters is 1. The number of aliphatic hydroxyl groups is 2. The smallest absolute Gasteiger partial charge is 0.305 e. The fourth-order valence-electron chi connectivity index (χ4n) is 7.21. The third-order valence-electron chi connectivity index (χ3n) is 11.0. The van der Waals surface area contributed by atoms with Crippen molar-refractivity contribution < 1.29 is 24.5 Å². The lowest BCUT2D eigenvalue weighted by molar-refractivity contribution is -0.143. The van der Waals surface area contributed by atoms with E-state index in [1.54, 1.807) is 6.08 Å². The van der Waals surface area contributed by atoms with Gasteiger partial charge < -0.3 is 20.3 Å². The van der Waals surface area contributed by atoms with Crippen molar-refractivity contribution in [3.05, 3.63) is 24.3 Å². The number of hydrogen-bond donors (Lipinski definition) is 3. The van der Waals surface area contributed by atoms with E-state index in [1.807, 2.05) is 6.08 Å². The highest BCUT2D eigenvalue weighted by Gasteiger charge is 2.18. The van der Waals surface area contributed by atoms with E-state index < -0.39 is 12.1 Å². The van der Waals surface area contributed by atoms with Gasteiger partial charge in [0.1, 0.15) is 0 Å². The Kier molecular flexibility index (Phi) is 43.7. The topological polar surface area (TPSA) is 95.9 Å². The molecule has 0 aromatic rings. The molecule has 3 N–H and O–H groups in total. The van der Waals surface area contributed by atoms with Gasteiger partial charge in [0, 0.05) is 12.8 Å². The van der Waals surface area contributed by atoms with Crippen LogP contribution < -0.4 is 5.32 Å². The number of nitrogens with one attached hydrogen (secondary N) is 1. The molecule has 0 aliphatic heterocycles. The first kappa shape index (κ1) is 53.3. The van der Waals surface area contributed by atoms with Crippen molar-refractivity contribution in [2.24, 2.45) is 0 Å². The summed E-state index contributed by atoms with van der Waals surface area (Å²) in [6.07, 6.45) is 51.8. The number of allylic oxidation sites excluding steroid dienone is 3. The molecule has 6 heteroatoms. The summed E-state index contributed by atoms with van der Waals surface area (Å²) in [5.74, 6) is -0.129. The number of unbranched alkanes of at least 4 members (excludes halogenated alkanes) is 31. The Morgan fingerprint density at radius 3 is 1.29 bits per heavy atom. The normalized spacial score (nSPS) is 12.9. The molecule has 1 amide bonds. The van der Waals surface area contributed by atoms with Crippen LogP contribution in [0.5, 0.6) is 0 Å². The molecule has 0 heterocycles. The van der Waals surface area contributed by atoms with Gasteiger partial charge in [0.05, 0.1) is 25.4 Å². The summed E-state index contributed by atoms with van der Waals surface area (Å²) in [6.45, 7) is 4.80. The van der Waals surface area contributed by atoms with E-state index in [4.69, 9.17) is 4.74 Å². The third kappa shape index (κ3) is 41.8. The van der Waals surface area contributed by atoms with Gasteiger partial charge in [-0.25, -0.2) is 0 Å². The van der Waals surface area contributed by atoms with Crippen molar-refractivity contribution in [2.45, 2.75) is 264 Å². The minimum absolute atomic E-state index is 0.0301. The van der Waals surface area contributed by atoms with E-state index in [2.05, 4.69) is 31.3 Å². The van der Waals surface area contributed by atoms with E-state index in [0.717, 1.165) is 83.5 Å². The average Bonchev–Trinajstić information content (AvgIpc) is 3.18. The van der Waals surface area contributed by atoms with Crippen LogP contribution in [-0.4, -0.2) is 47.4 Å². The SMILES string of the molecule is CCCCCCCCCC/C=C/C(O)C(CO)NC(=O)CCCCCCC/C=C\CCCCOC(=O)CCCCCCCCCCCCCCCCCCC. The first-order chi connectivity index (χ1) is 27.0. The highest BCUT2D eigenvalue weighted by atomic mass is 16.5. The highest BCUT2D eigenvalue weighted by Crippen LogP contribution is 2.15. The van der Waals surface area contributed by atoms with Crippen molar-refractivity contribution in [3.8, 4) is 0 Å². The van der Waals surface area contributed by atoms with E-state index in [0.29, 0.717) is 19.4 Å². The minimum Gasteiger partial charge on any atom is -0.466 e. The summed E-state index contributed by atoms with van der Waals surface area (Å²) in [6, 6.07) is -0.646. The number of ether oxygens (including phenoxy) is 1. The van der Waals surface area contributed by atoms with Gasteiger partial charge in [-0.1, -0.05) is 205 Å². The van der Waals surface area contributed by atoms with Crippen LogP contribution in [0.25, 0.3) is 0 Å². The maximum atomic E-state index is 12.4. The van der Waals surface area contributed by atoms with E-state index in [9.17, 15) is 19.8 Å². The van der Waals surface area contributed by atoms with Crippen LogP contribution in [0.2, 0.25) is 0 Å². The standard InChI is InChI=1S/C49H93NO5/c1-3-5-7-9-11-13-15-16-17-18-19-20-23-27-31-35-39-43-49(54)55-44-40-36-32-28-24-21-22-26-30-34-38-42-48(53)50-46(45-51)47(52)41-37-33-29-25-14-12-10-8-6-4-2/h24,28,37,41,46-47,51-52H,3-23,25-27,29-36,38-40,42-45H2,1-2H3,(H,50,53)/b28-24-,41-37+. The van der Waals surface area contributed by atoms with E-state index in [1.165, 1.54) is 141 Å². The minimum atomic E-state index is -0.859. The summed E-state index contributed by atoms with van der Waals surface area (Å²) >= 11 is 0. The van der Waals surface area contributed by atoms with Gasteiger partial charge in [-0.05, 0) is 57.8 Å². The average molecular weight is 776 g/mol. The Morgan fingerprint density at radius 2 is 0.855 bits per heavy atom. The van der Waals surface area contributed by atoms with Gasteiger partial charge in [-0.15, -0.1) is 0 Å². The van der Waals surface area contributed by atoms with E-state index in [-0.39, 0.29) is 18.5 Å². The summed E-state index contributed by atoms with van der Waals surface area (Å²) in [7, 11) is 0. The largest absolute Gasteiger partial charge is 0.466 e. The molecule has 6 nitrogen and oxygen atoms in total. The molecule has 0 radical (unpaired) electrons. The number of aliphatic hydroxyl groups excluding tert-OH is 2. The summed E-state index contributed by atoms with van der Waals surface area (Å²) < 4.78 is 5.44. The Bertz CT molecular complexity index is 858. The predicted octanol–water partition coefficient (Wildman–Crippen LogP) is 14.0. The van der Waals surface area contributed by atoms with Crippen LogP contribution in [0.1, 0.15) is 251 Å². The molecular weight excluding hydrogens is 683 g/mol. The number of rotatable bonds is 44. The van der Waals surface area contributed by atoms with Crippen LogP contribution in [0.4, 0.5) is 0 Å². The fraction of sp³-hybridized carbons (Fsp3) is 0.878. The Hall–Kier alpha value is -1.66. The summed E-state index contributed by atoms with van der Waals surface area (Å²) in [4.78, 5) is 24.4. The van der Waals surface area contributed by atoms with Crippen molar-refractivity contribution in [3.63, 3.8) is 0 Å². The summed E-state index contributed by atoms with van der Waals surface area (Å²) in [5.41, 5.74) is 0. The Morgan fingerprint density at radius 1 is 0.491 bits per heavy atom. The molecule has 0 aromatic carbocycles. The van der Waals surface area contributed by atoms with Gasteiger partial charge >= 0.3 is 5.97 Å². The molecule has 55 heavy (non-hydrogen) atoms. The van der Waals surface area contributed by atoms with Crippen molar-refractivity contribution in [2.75, 3.05) is 13.2 Å². The second kappa shape index (κ2) is 45.0. The van der Waals surface area contributed by atoms with Crippen molar-refractivity contribution in [1.29, 1.82) is 0 Å². The zero-order chi connectivity index (χ0) is 40.1. The highest BCUT2D eigenvalue weighted by molar-refractivity contribution is 5.76. The molecule has 0 aromatic heterocycles. The number of carbonyl (C=O) groups is 2. The molecule has 0 bridgehead atoms. The zero-order valence-corrected chi connectivity index (χ0v) is 36.7. The number of amides is 1. The number of hydrogen-bond acceptors (Lipinski definition) is 5. The molecule has 0 saturated carbocycles. The molecule has 0 aliphatic carbocycles. The second-order valence-corrected chi connectivity index (χ2v) is 16.4. The maximum absolute atomic E-state index is 12.4. The molecule has 0 aliphatic rings. The molecule has 2 atom stereocenters. The quantitative estimate of drug-likeness (QED) is 0.0325. The maximum Gasteiger partial charge on any atom is 0.305 e. The lowest BCUT2D eigenvalue weighted by Crippen LogP contribution is -2.45. The van der Waals surface area contributed by atoms with Crippen molar-refractivity contribution >= 4 is 11.9 Å². The van der Waals surface area contributed by atoms with Crippen LogP contribution in [0, 0.1) is 0 Å². The first-order valence-electron chi connectivity index (χ1n) is 24.1. The van der Waals surface area contributed by atoms with Gasteiger partial charge in [0.2, 0.25) is 5.91 Å². The monoisotopic (exact) mass is 776 g/mol. The molecular formula is C49H93NO5. The predicted molar refractivity (Wildman–Crippen MR) is 236 cm³/mol. The van der Waals surface area contributed by atoms with Crippen molar-refractivity contribution in [1.82, 2.24) is 5.32 Å². The van der Waals surface area contributed by atoms with Crippen LogP contribution >= 0.6 is 0 Å². The van der Waals surface area contributed by atoms with Crippen LogP contribution in [-0.2, 0) is 14.3 Å². The number of carbonyl (C=O) groups excluding carboxylic acids is 2. The van der Waals surface area contributed by atoms with Gasteiger partial charge in [-0.3, -0.25) is 9.59 Å². The molecule has 0 rings (SSSR count).